The van der Waals surface area contributed by atoms with E-state index in [2.05, 4.69) is 25.7 Å². The van der Waals surface area contributed by atoms with Crippen LogP contribution in [0.15, 0.2) is 73.2 Å². The maximum absolute atomic E-state index is 14.5. The van der Waals surface area contributed by atoms with Crippen LogP contribution < -0.4 is 15.5 Å². The normalized spacial score (nSPS) is 19.5. The van der Waals surface area contributed by atoms with E-state index in [0.29, 0.717) is 41.3 Å². The molecular weight excluding hydrogens is 723 g/mol. The molecule has 1 saturated carbocycles. The molecule has 11 nitrogen and oxygen atoms in total. The number of hydrogen-bond donors (Lipinski definition) is 2. The molecule has 0 radical (unpaired) electrons. The number of carbonyl (C=O) groups excluding carboxylic acids is 3. The van der Waals surface area contributed by atoms with E-state index < -0.39 is 35.6 Å². The van der Waals surface area contributed by atoms with Gasteiger partial charge >= 0.3 is 12.2 Å². The van der Waals surface area contributed by atoms with Crippen LogP contribution in [0.3, 0.4) is 0 Å². The van der Waals surface area contributed by atoms with Crippen molar-refractivity contribution in [1.82, 2.24) is 30.0 Å². The lowest BCUT2D eigenvalue weighted by molar-refractivity contribution is -0.141. The van der Waals surface area contributed by atoms with Crippen LogP contribution in [0.25, 0.3) is 21.7 Å². The zero-order chi connectivity index (χ0) is 38.9. The van der Waals surface area contributed by atoms with Crippen LogP contribution in [0.2, 0.25) is 0 Å². The van der Waals surface area contributed by atoms with Gasteiger partial charge in [0, 0.05) is 47.2 Å². The number of likely N-dealkylation sites (tertiary alicyclic amines) is 1. The predicted octanol–water partition coefficient (Wildman–Crippen LogP) is 7.94. The summed E-state index contributed by atoms with van der Waals surface area (Å²) in [5.41, 5.74) is 1.08. The van der Waals surface area contributed by atoms with Crippen LogP contribution >= 0.6 is 0 Å². The third kappa shape index (κ3) is 8.43. The Kier molecular flexibility index (Phi) is 10.5. The zero-order valence-corrected chi connectivity index (χ0v) is 30.0. The lowest BCUT2D eigenvalue weighted by Crippen LogP contribution is -2.49. The molecule has 2 saturated heterocycles. The summed E-state index contributed by atoms with van der Waals surface area (Å²) in [4.78, 5) is 46.5. The predicted molar refractivity (Wildman–Crippen MR) is 196 cm³/mol. The summed E-state index contributed by atoms with van der Waals surface area (Å²) in [5.74, 6) is -4.63. The molecule has 2 aliphatic heterocycles. The van der Waals surface area contributed by atoms with E-state index in [1.807, 2.05) is 10.9 Å². The van der Waals surface area contributed by atoms with Crippen LogP contribution in [-0.2, 0) is 11.0 Å². The molecule has 1 aliphatic carbocycles. The van der Waals surface area contributed by atoms with Gasteiger partial charge in [0.05, 0.1) is 35.9 Å². The van der Waals surface area contributed by atoms with Gasteiger partial charge in [-0.05, 0) is 74.8 Å². The average Bonchev–Trinajstić information content (AvgIpc) is 3.58. The van der Waals surface area contributed by atoms with E-state index >= 15 is 0 Å². The average molecular weight is 763 g/mol. The Labute approximate surface area is 312 Å². The van der Waals surface area contributed by atoms with Gasteiger partial charge in [0.25, 0.3) is 11.8 Å². The Morgan fingerprint density at radius 3 is 2.49 bits per heavy atom. The van der Waals surface area contributed by atoms with Crippen molar-refractivity contribution in [2.24, 2.45) is 0 Å². The molecule has 3 aromatic heterocycles. The minimum absolute atomic E-state index is 0.210. The van der Waals surface area contributed by atoms with Crippen molar-refractivity contribution in [3.63, 3.8) is 0 Å². The first-order valence-electron chi connectivity index (χ1n) is 18.1. The molecule has 2 aromatic carbocycles. The number of alkyl halides is 5. The van der Waals surface area contributed by atoms with E-state index in [4.69, 9.17) is 0 Å². The maximum Gasteiger partial charge on any atom is 0.433 e. The second-order valence-electron chi connectivity index (χ2n) is 14.3. The van der Waals surface area contributed by atoms with Crippen LogP contribution in [0.5, 0.6) is 0 Å². The molecule has 2 N–H and O–H groups in total. The number of amides is 4. The van der Waals surface area contributed by atoms with E-state index in [0.717, 1.165) is 35.2 Å². The summed E-state index contributed by atoms with van der Waals surface area (Å²) in [7, 11) is 1.70. The number of aromatic nitrogens is 4. The Balaban J connectivity index is 0.000000169. The largest absolute Gasteiger partial charge is 0.433 e. The first-order chi connectivity index (χ1) is 26.2. The molecule has 1 atom stereocenters. The van der Waals surface area contributed by atoms with E-state index in [9.17, 15) is 36.3 Å². The SMILES string of the molecule is CN1CCC(c2ccc3c(N4CCC(=O)NC4=O)cncc3c2)C(F)(F)C1.O=C(Nc1ccc2nn(C3CCCCC3)cc2c1)c1cccc(C(F)(F)F)n1. The topological polar surface area (TPSA) is 125 Å². The molecular formula is C39H39F5N8O3. The highest BCUT2D eigenvalue weighted by Crippen LogP contribution is 2.41. The number of hydrogen-bond acceptors (Lipinski definition) is 7. The van der Waals surface area contributed by atoms with Gasteiger partial charge in [-0.2, -0.15) is 18.3 Å². The van der Waals surface area contributed by atoms with Crippen molar-refractivity contribution in [1.29, 1.82) is 0 Å². The Morgan fingerprint density at radius 1 is 0.945 bits per heavy atom. The number of pyridine rings is 2. The monoisotopic (exact) mass is 762 g/mol. The molecule has 1 unspecified atom stereocenters. The lowest BCUT2D eigenvalue weighted by Gasteiger charge is -2.37. The van der Waals surface area contributed by atoms with Crippen molar-refractivity contribution in [3.8, 4) is 0 Å². The number of rotatable bonds is 5. The third-order valence-electron chi connectivity index (χ3n) is 10.3. The minimum atomic E-state index is -4.59. The number of imide groups is 1. The summed E-state index contributed by atoms with van der Waals surface area (Å²) >= 11 is 0. The summed E-state index contributed by atoms with van der Waals surface area (Å²) in [6.07, 6.45) is 7.02. The molecule has 0 spiro atoms. The number of benzene rings is 2. The standard InChI is InChI=1S/C20H19F3N4O.C19H20F2N4O2/c21-20(22,23)18-8-4-7-17(25-18)19(28)24-14-9-10-16-13(11-14)12-27(26-16)15-5-2-1-3-6-15;1-24-6-4-15(19(20,21)11-24)12-2-3-14-13(8-12)9-22-10-16(14)25-7-5-17(26)23-18(25)27/h4,7-12,15H,1-3,5-6H2,(H,24,28);2-3,8-10,15H,4-7,11H2,1H3,(H,23,26,27). The number of urea groups is 1. The highest BCUT2D eigenvalue weighted by Gasteiger charge is 2.44. The molecule has 3 aliphatic rings. The van der Waals surface area contributed by atoms with Crippen molar-refractivity contribution in [2.45, 2.75) is 69.0 Å². The molecule has 55 heavy (non-hydrogen) atoms. The Hall–Kier alpha value is -5.51. The summed E-state index contributed by atoms with van der Waals surface area (Å²) < 4.78 is 69.4. The Bertz CT molecular complexity index is 2240. The van der Waals surface area contributed by atoms with Gasteiger partial charge in [-0.15, -0.1) is 0 Å². The molecule has 5 heterocycles. The first kappa shape index (κ1) is 37.8. The maximum atomic E-state index is 14.5. The van der Waals surface area contributed by atoms with Gasteiger partial charge in [0.15, 0.2) is 0 Å². The van der Waals surface area contributed by atoms with Gasteiger partial charge in [0.1, 0.15) is 11.4 Å². The molecule has 3 fully saturated rings. The fourth-order valence-electron chi connectivity index (χ4n) is 7.49. The first-order valence-corrected chi connectivity index (χ1v) is 18.1. The number of halogens is 5. The van der Waals surface area contributed by atoms with Gasteiger partial charge in [0.2, 0.25) is 5.91 Å². The highest BCUT2D eigenvalue weighted by molar-refractivity contribution is 6.09. The number of carbonyl (C=O) groups is 3. The second-order valence-corrected chi connectivity index (χ2v) is 14.3. The van der Waals surface area contributed by atoms with E-state index in [-0.39, 0.29) is 31.1 Å². The zero-order valence-electron chi connectivity index (χ0n) is 30.0. The van der Waals surface area contributed by atoms with Crippen molar-refractivity contribution in [3.05, 3.63) is 90.1 Å². The third-order valence-corrected chi connectivity index (χ3v) is 10.3. The van der Waals surface area contributed by atoms with Crippen LogP contribution in [0.4, 0.5) is 38.1 Å². The molecule has 288 valence electrons. The summed E-state index contributed by atoms with van der Waals surface area (Å²) in [6.45, 7) is 0.634. The summed E-state index contributed by atoms with van der Waals surface area (Å²) in [6, 6.07) is 13.6. The van der Waals surface area contributed by atoms with E-state index in [1.54, 1.807) is 60.7 Å². The number of anilines is 2. The second kappa shape index (κ2) is 15.3. The fourth-order valence-corrected chi connectivity index (χ4v) is 7.49. The molecule has 5 aromatic rings. The number of piperidine rings is 1. The van der Waals surface area contributed by atoms with Gasteiger partial charge in [-0.1, -0.05) is 37.5 Å². The van der Waals surface area contributed by atoms with Gasteiger partial charge in [-0.3, -0.25) is 29.5 Å². The van der Waals surface area contributed by atoms with Gasteiger partial charge < -0.3 is 10.2 Å². The van der Waals surface area contributed by atoms with E-state index in [1.165, 1.54) is 36.3 Å². The quantitative estimate of drug-likeness (QED) is 0.174. The van der Waals surface area contributed by atoms with Gasteiger partial charge in [-0.25, -0.2) is 18.6 Å². The van der Waals surface area contributed by atoms with Crippen molar-refractivity contribution >= 4 is 50.9 Å². The highest BCUT2D eigenvalue weighted by atomic mass is 19.4. The Morgan fingerprint density at radius 2 is 1.75 bits per heavy atom. The van der Waals surface area contributed by atoms with Crippen molar-refractivity contribution < 1.29 is 36.3 Å². The van der Waals surface area contributed by atoms with Crippen LogP contribution in [0, 0.1) is 0 Å². The minimum Gasteiger partial charge on any atom is -0.321 e. The fraction of sp³-hybridized carbons (Fsp3) is 0.385. The summed E-state index contributed by atoms with van der Waals surface area (Å²) in [5, 5.41) is 11.8. The van der Waals surface area contributed by atoms with Crippen LogP contribution in [-0.4, -0.2) is 75.1 Å². The molecule has 8 rings (SSSR count). The molecule has 0 bridgehead atoms. The number of nitrogens with zero attached hydrogens (tertiary/aromatic N) is 6. The van der Waals surface area contributed by atoms with Crippen molar-refractivity contribution in [2.75, 3.05) is 36.9 Å². The molecule has 4 amide bonds. The molecule has 16 heteroatoms. The van der Waals surface area contributed by atoms with Crippen LogP contribution in [0.1, 0.15) is 78.7 Å². The smallest absolute Gasteiger partial charge is 0.321 e. The number of fused-ring (bicyclic) bond motifs is 2. The lowest BCUT2D eigenvalue weighted by atomic mass is 9.85. The number of nitrogens with one attached hydrogen (secondary N) is 2.